The standard InChI is InChI=1S/C19H26Cl2N2O/c1-13(14-8-9-15(20)16(21)12-14)19(24)22-17-6-2-3-7-18(17)23-10-4-5-11-23/h8-9,12-13,17-18H,2-7,10-11H2,1H3,(H,22,24). The van der Waals surface area contributed by atoms with E-state index in [9.17, 15) is 4.79 Å². The van der Waals surface area contributed by atoms with Crippen molar-refractivity contribution in [1.29, 1.82) is 0 Å². The Morgan fingerprint density at radius 2 is 1.83 bits per heavy atom. The molecular weight excluding hydrogens is 343 g/mol. The first kappa shape index (κ1) is 18.0. The Morgan fingerprint density at radius 1 is 1.12 bits per heavy atom. The number of nitrogens with one attached hydrogen (secondary N) is 1. The van der Waals surface area contributed by atoms with Gasteiger partial charge in [0, 0.05) is 12.1 Å². The summed E-state index contributed by atoms with van der Waals surface area (Å²) < 4.78 is 0. The van der Waals surface area contributed by atoms with Crippen LogP contribution in [-0.2, 0) is 4.79 Å². The Labute approximate surface area is 154 Å². The summed E-state index contributed by atoms with van der Waals surface area (Å²) in [6.45, 7) is 4.29. The lowest BCUT2D eigenvalue weighted by Crippen LogP contribution is -2.53. The maximum absolute atomic E-state index is 12.8. The molecule has 1 aliphatic carbocycles. The Kier molecular flexibility index (Phi) is 6.07. The van der Waals surface area contributed by atoms with Crippen molar-refractivity contribution in [1.82, 2.24) is 10.2 Å². The van der Waals surface area contributed by atoms with Crippen LogP contribution in [0, 0.1) is 0 Å². The largest absolute Gasteiger partial charge is 0.351 e. The number of likely N-dealkylation sites (tertiary alicyclic amines) is 1. The topological polar surface area (TPSA) is 32.3 Å². The van der Waals surface area contributed by atoms with Crippen molar-refractivity contribution < 1.29 is 4.79 Å². The summed E-state index contributed by atoms with van der Waals surface area (Å²) in [6, 6.07) is 6.22. The summed E-state index contributed by atoms with van der Waals surface area (Å²) in [5, 5.41) is 4.35. The summed E-state index contributed by atoms with van der Waals surface area (Å²) in [7, 11) is 0. The quantitative estimate of drug-likeness (QED) is 0.840. The number of halogens is 2. The van der Waals surface area contributed by atoms with Crippen molar-refractivity contribution in [3.63, 3.8) is 0 Å². The first-order valence-corrected chi connectivity index (χ1v) is 9.81. The SMILES string of the molecule is CC(C(=O)NC1CCCCC1N1CCCC1)c1ccc(Cl)c(Cl)c1. The van der Waals surface area contributed by atoms with Gasteiger partial charge in [-0.2, -0.15) is 0 Å². The van der Waals surface area contributed by atoms with E-state index in [0.29, 0.717) is 16.1 Å². The van der Waals surface area contributed by atoms with Gasteiger partial charge in [-0.15, -0.1) is 0 Å². The Hall–Kier alpha value is -0.770. The molecule has 24 heavy (non-hydrogen) atoms. The van der Waals surface area contributed by atoms with Gasteiger partial charge in [0.05, 0.1) is 16.0 Å². The van der Waals surface area contributed by atoms with Gasteiger partial charge in [0.2, 0.25) is 5.91 Å². The average Bonchev–Trinajstić information content (AvgIpc) is 3.11. The minimum atomic E-state index is -0.221. The molecule has 3 unspecified atom stereocenters. The minimum Gasteiger partial charge on any atom is -0.351 e. The summed E-state index contributed by atoms with van der Waals surface area (Å²) >= 11 is 12.1. The van der Waals surface area contributed by atoms with E-state index >= 15 is 0 Å². The third kappa shape index (κ3) is 4.07. The highest BCUT2D eigenvalue weighted by Crippen LogP contribution is 2.29. The number of benzene rings is 1. The lowest BCUT2D eigenvalue weighted by molar-refractivity contribution is -0.123. The van der Waals surface area contributed by atoms with E-state index in [-0.39, 0.29) is 17.9 Å². The lowest BCUT2D eigenvalue weighted by atomic mass is 9.88. The van der Waals surface area contributed by atoms with Gasteiger partial charge in [-0.3, -0.25) is 9.69 Å². The highest BCUT2D eigenvalue weighted by atomic mass is 35.5. The fraction of sp³-hybridized carbons (Fsp3) is 0.632. The van der Waals surface area contributed by atoms with Crippen molar-refractivity contribution in [2.75, 3.05) is 13.1 Å². The summed E-state index contributed by atoms with van der Waals surface area (Å²) in [4.78, 5) is 15.3. The van der Waals surface area contributed by atoms with Crippen LogP contribution >= 0.6 is 23.2 Å². The summed E-state index contributed by atoms with van der Waals surface area (Å²) in [5.41, 5.74) is 0.912. The lowest BCUT2D eigenvalue weighted by Gasteiger charge is -2.38. The number of hydrogen-bond donors (Lipinski definition) is 1. The molecule has 0 bridgehead atoms. The van der Waals surface area contributed by atoms with E-state index in [1.807, 2.05) is 13.0 Å². The number of carbonyl (C=O) groups excluding carboxylic acids is 1. The van der Waals surface area contributed by atoms with Crippen LogP contribution in [0.15, 0.2) is 18.2 Å². The molecule has 3 atom stereocenters. The molecule has 1 aliphatic heterocycles. The molecule has 132 valence electrons. The van der Waals surface area contributed by atoms with Crippen LogP contribution in [-0.4, -0.2) is 36.0 Å². The molecular formula is C19H26Cl2N2O. The molecule has 0 aromatic heterocycles. The molecule has 3 nitrogen and oxygen atoms in total. The van der Waals surface area contributed by atoms with Crippen LogP contribution < -0.4 is 5.32 Å². The molecule has 1 saturated heterocycles. The molecule has 1 N–H and O–H groups in total. The van der Waals surface area contributed by atoms with Gasteiger partial charge in [-0.25, -0.2) is 0 Å². The average molecular weight is 369 g/mol. The van der Waals surface area contributed by atoms with Crippen LogP contribution in [0.1, 0.15) is 56.9 Å². The molecule has 1 amide bonds. The predicted molar refractivity (Wildman–Crippen MR) is 99.9 cm³/mol. The Balaban J connectivity index is 1.66. The van der Waals surface area contributed by atoms with Crippen LogP contribution in [0.5, 0.6) is 0 Å². The first-order chi connectivity index (χ1) is 11.6. The van der Waals surface area contributed by atoms with Crippen LogP contribution in [0.4, 0.5) is 0 Å². The van der Waals surface area contributed by atoms with E-state index in [2.05, 4.69) is 10.2 Å². The highest BCUT2D eigenvalue weighted by molar-refractivity contribution is 6.42. The van der Waals surface area contributed by atoms with Gasteiger partial charge < -0.3 is 5.32 Å². The fourth-order valence-electron chi connectivity index (χ4n) is 4.03. The van der Waals surface area contributed by atoms with Gasteiger partial charge in [-0.1, -0.05) is 42.1 Å². The second-order valence-corrected chi connectivity index (χ2v) is 7.92. The molecule has 1 aromatic carbocycles. The van der Waals surface area contributed by atoms with Crippen molar-refractivity contribution in [3.05, 3.63) is 33.8 Å². The molecule has 0 spiro atoms. The van der Waals surface area contributed by atoms with Crippen molar-refractivity contribution in [3.8, 4) is 0 Å². The highest BCUT2D eigenvalue weighted by Gasteiger charge is 2.33. The fourth-order valence-corrected chi connectivity index (χ4v) is 4.34. The van der Waals surface area contributed by atoms with E-state index in [4.69, 9.17) is 23.2 Å². The Bertz CT molecular complexity index is 587. The summed E-state index contributed by atoms with van der Waals surface area (Å²) in [6.07, 6.45) is 7.34. The van der Waals surface area contributed by atoms with Crippen LogP contribution in [0.2, 0.25) is 10.0 Å². The van der Waals surface area contributed by atoms with E-state index < -0.39 is 0 Å². The van der Waals surface area contributed by atoms with Crippen LogP contribution in [0.25, 0.3) is 0 Å². The number of nitrogens with zero attached hydrogens (tertiary/aromatic N) is 1. The zero-order valence-electron chi connectivity index (χ0n) is 14.2. The second-order valence-electron chi connectivity index (χ2n) is 7.11. The third-order valence-electron chi connectivity index (χ3n) is 5.50. The normalized spacial score (nSPS) is 26.3. The van der Waals surface area contributed by atoms with Gasteiger partial charge >= 0.3 is 0 Å². The first-order valence-electron chi connectivity index (χ1n) is 9.05. The molecule has 3 rings (SSSR count). The maximum atomic E-state index is 12.8. The second kappa shape index (κ2) is 8.07. The number of hydrogen-bond acceptors (Lipinski definition) is 2. The molecule has 5 heteroatoms. The smallest absolute Gasteiger partial charge is 0.227 e. The number of rotatable bonds is 4. The van der Waals surface area contributed by atoms with Gasteiger partial charge in [0.15, 0.2) is 0 Å². The molecule has 1 heterocycles. The molecule has 1 aromatic rings. The van der Waals surface area contributed by atoms with Crippen molar-refractivity contribution in [2.45, 2.75) is 63.5 Å². The maximum Gasteiger partial charge on any atom is 0.227 e. The van der Waals surface area contributed by atoms with Crippen molar-refractivity contribution >= 4 is 29.1 Å². The number of amides is 1. The number of carbonyl (C=O) groups is 1. The van der Waals surface area contributed by atoms with Crippen LogP contribution in [0.3, 0.4) is 0 Å². The predicted octanol–water partition coefficient (Wildman–Crippen LogP) is 4.62. The van der Waals surface area contributed by atoms with E-state index in [0.717, 1.165) is 12.0 Å². The monoisotopic (exact) mass is 368 g/mol. The van der Waals surface area contributed by atoms with Gasteiger partial charge in [0.1, 0.15) is 0 Å². The zero-order valence-corrected chi connectivity index (χ0v) is 15.7. The molecule has 0 radical (unpaired) electrons. The van der Waals surface area contributed by atoms with Gasteiger partial charge in [-0.05, 0) is 63.4 Å². The minimum absolute atomic E-state index is 0.0875. The molecule has 1 saturated carbocycles. The van der Waals surface area contributed by atoms with Crippen molar-refractivity contribution in [2.24, 2.45) is 0 Å². The van der Waals surface area contributed by atoms with E-state index in [1.54, 1.807) is 12.1 Å². The van der Waals surface area contributed by atoms with Gasteiger partial charge in [0.25, 0.3) is 0 Å². The molecule has 2 aliphatic rings. The third-order valence-corrected chi connectivity index (χ3v) is 6.24. The summed E-state index contributed by atoms with van der Waals surface area (Å²) in [5.74, 6) is -0.134. The zero-order chi connectivity index (χ0) is 17.1. The molecule has 2 fully saturated rings. The Morgan fingerprint density at radius 3 is 2.54 bits per heavy atom. The van der Waals surface area contributed by atoms with E-state index in [1.165, 1.54) is 45.2 Å².